The van der Waals surface area contributed by atoms with Crippen LogP contribution in [0.15, 0.2) is 0 Å². The zero-order chi connectivity index (χ0) is 12.4. The van der Waals surface area contributed by atoms with Crippen molar-refractivity contribution in [3.05, 3.63) is 0 Å². The summed E-state index contributed by atoms with van der Waals surface area (Å²) in [7, 11) is 0. The minimum absolute atomic E-state index is 0.0428. The molecule has 2 atom stereocenters. The molecule has 0 radical (unpaired) electrons. The second-order valence-corrected chi connectivity index (χ2v) is 5.33. The van der Waals surface area contributed by atoms with Crippen LogP contribution in [0, 0.1) is 5.92 Å². The zero-order valence-electron chi connectivity index (χ0n) is 9.22. The summed E-state index contributed by atoms with van der Waals surface area (Å²) >= 11 is 1.11. The number of aliphatic carboxylic acids is 1. The number of carboxylic acid groups (broad SMARTS) is 1. The fraction of sp³-hybridized carbons (Fsp3) is 0.700. The molecule has 2 unspecified atom stereocenters. The van der Waals surface area contributed by atoms with Crippen molar-refractivity contribution in [2.24, 2.45) is 5.92 Å². The second kappa shape index (κ2) is 4.95. The highest BCUT2D eigenvalue weighted by atomic mass is 32.2. The predicted octanol–water partition coefficient (Wildman–Crippen LogP) is 0.135. The number of nitrogens with zero attached hydrogens (tertiary/aromatic N) is 1. The van der Waals surface area contributed by atoms with Crippen molar-refractivity contribution in [2.45, 2.75) is 18.9 Å². The average Bonchev–Trinajstić information content (AvgIpc) is 2.85. The number of thioether (sulfide) groups is 1. The Morgan fingerprint density at radius 1 is 1.53 bits per heavy atom. The van der Waals surface area contributed by atoms with Crippen LogP contribution in [-0.2, 0) is 9.59 Å². The summed E-state index contributed by atoms with van der Waals surface area (Å²) < 4.78 is 0. The molecule has 94 valence electrons. The van der Waals surface area contributed by atoms with Gasteiger partial charge in [-0.15, -0.1) is 0 Å². The van der Waals surface area contributed by atoms with Crippen molar-refractivity contribution < 1.29 is 19.5 Å². The van der Waals surface area contributed by atoms with Crippen LogP contribution in [0.4, 0.5) is 4.79 Å². The van der Waals surface area contributed by atoms with Crippen molar-refractivity contribution in [1.82, 2.24) is 10.2 Å². The van der Waals surface area contributed by atoms with Crippen LogP contribution in [0.25, 0.3) is 0 Å². The van der Waals surface area contributed by atoms with Crippen LogP contribution < -0.4 is 5.32 Å². The Kier molecular flexibility index (Phi) is 3.56. The molecule has 2 aliphatic rings. The molecule has 0 saturated carbocycles. The third kappa shape index (κ3) is 2.91. The van der Waals surface area contributed by atoms with Gasteiger partial charge in [0.25, 0.3) is 5.24 Å². The lowest BCUT2D eigenvalue weighted by Gasteiger charge is -2.19. The van der Waals surface area contributed by atoms with Crippen molar-refractivity contribution in [2.75, 3.05) is 18.8 Å². The minimum Gasteiger partial charge on any atom is -0.481 e. The predicted molar refractivity (Wildman–Crippen MR) is 61.7 cm³/mol. The smallest absolute Gasteiger partial charge is 0.303 e. The van der Waals surface area contributed by atoms with Gasteiger partial charge in [-0.2, -0.15) is 0 Å². The van der Waals surface area contributed by atoms with Gasteiger partial charge in [0.15, 0.2) is 0 Å². The van der Waals surface area contributed by atoms with E-state index < -0.39 is 12.0 Å². The van der Waals surface area contributed by atoms with Gasteiger partial charge in [-0.05, 0) is 12.3 Å². The zero-order valence-corrected chi connectivity index (χ0v) is 10.0. The first-order chi connectivity index (χ1) is 8.06. The number of nitrogens with one attached hydrogen (secondary N) is 1. The van der Waals surface area contributed by atoms with Crippen LogP contribution in [-0.4, -0.2) is 52.0 Å². The summed E-state index contributed by atoms with van der Waals surface area (Å²) in [6.07, 6.45) is 0.835. The van der Waals surface area contributed by atoms with Gasteiger partial charge in [0, 0.05) is 25.3 Å². The van der Waals surface area contributed by atoms with Crippen molar-refractivity contribution in [3.8, 4) is 0 Å². The Bertz CT molecular complexity index is 360. The molecule has 7 heteroatoms. The third-order valence-corrected chi connectivity index (χ3v) is 3.91. The molecule has 2 fully saturated rings. The number of hydrogen-bond acceptors (Lipinski definition) is 4. The molecular weight excluding hydrogens is 244 g/mol. The standard InChI is InChI=1S/C10H14N2O4S/c13-8(14)3-6-1-2-12(4-6)9(15)7-5-17-10(16)11-7/h6-7H,1-5H2,(H,11,16)(H,13,14). The molecule has 0 bridgehead atoms. The Labute approximate surface area is 103 Å². The second-order valence-electron chi connectivity index (χ2n) is 4.33. The highest BCUT2D eigenvalue weighted by molar-refractivity contribution is 8.14. The van der Waals surface area contributed by atoms with E-state index in [0.717, 1.165) is 18.2 Å². The molecule has 0 aromatic carbocycles. The first-order valence-electron chi connectivity index (χ1n) is 5.50. The van der Waals surface area contributed by atoms with Crippen LogP contribution in [0.5, 0.6) is 0 Å². The third-order valence-electron chi connectivity index (χ3n) is 3.03. The van der Waals surface area contributed by atoms with Gasteiger partial charge in [-0.1, -0.05) is 11.8 Å². The van der Waals surface area contributed by atoms with Crippen LogP contribution in [0.2, 0.25) is 0 Å². The summed E-state index contributed by atoms with van der Waals surface area (Å²) in [5.74, 6) is -0.399. The molecule has 0 aliphatic carbocycles. The molecular formula is C10H14N2O4S. The van der Waals surface area contributed by atoms with Gasteiger partial charge in [-0.25, -0.2) is 0 Å². The number of likely N-dealkylation sites (tertiary alicyclic amines) is 1. The SMILES string of the molecule is O=C(O)CC1CCN(C(=O)C2CSC(=O)N2)C1. The Balaban J connectivity index is 1.85. The molecule has 0 spiro atoms. The molecule has 0 aromatic rings. The average molecular weight is 258 g/mol. The van der Waals surface area contributed by atoms with E-state index in [2.05, 4.69) is 5.32 Å². The van der Waals surface area contributed by atoms with Gasteiger partial charge < -0.3 is 15.3 Å². The number of carbonyl (C=O) groups excluding carboxylic acids is 2. The van der Waals surface area contributed by atoms with E-state index in [-0.39, 0.29) is 23.5 Å². The lowest BCUT2D eigenvalue weighted by atomic mass is 10.1. The van der Waals surface area contributed by atoms with E-state index in [9.17, 15) is 14.4 Å². The lowest BCUT2D eigenvalue weighted by molar-refractivity contribution is -0.138. The molecule has 2 saturated heterocycles. The molecule has 6 nitrogen and oxygen atoms in total. The Hall–Kier alpha value is -1.24. The van der Waals surface area contributed by atoms with Gasteiger partial charge in [0.2, 0.25) is 5.91 Å². The van der Waals surface area contributed by atoms with E-state index in [0.29, 0.717) is 18.8 Å². The number of carboxylic acids is 1. The molecule has 2 amide bonds. The van der Waals surface area contributed by atoms with E-state index in [1.54, 1.807) is 4.90 Å². The maximum atomic E-state index is 12.0. The van der Waals surface area contributed by atoms with Crippen LogP contribution in [0.3, 0.4) is 0 Å². The highest BCUT2D eigenvalue weighted by Crippen LogP contribution is 2.22. The van der Waals surface area contributed by atoms with Crippen LogP contribution >= 0.6 is 11.8 Å². The number of carbonyl (C=O) groups is 3. The highest BCUT2D eigenvalue weighted by Gasteiger charge is 2.35. The first kappa shape index (κ1) is 12.2. The van der Waals surface area contributed by atoms with Crippen LogP contribution in [0.1, 0.15) is 12.8 Å². The largest absolute Gasteiger partial charge is 0.481 e. The molecule has 17 heavy (non-hydrogen) atoms. The van der Waals surface area contributed by atoms with E-state index in [4.69, 9.17) is 5.11 Å². The summed E-state index contributed by atoms with van der Waals surface area (Å²) in [5, 5.41) is 11.1. The van der Waals surface area contributed by atoms with E-state index in [1.165, 1.54) is 0 Å². The number of hydrogen-bond donors (Lipinski definition) is 2. The van der Waals surface area contributed by atoms with Crippen molar-refractivity contribution in [1.29, 1.82) is 0 Å². The lowest BCUT2D eigenvalue weighted by Crippen LogP contribution is -2.44. The summed E-state index contributed by atoms with van der Waals surface area (Å²) in [6, 6.07) is -0.434. The summed E-state index contributed by atoms with van der Waals surface area (Å²) in [6.45, 7) is 1.08. The fourth-order valence-electron chi connectivity index (χ4n) is 2.18. The van der Waals surface area contributed by atoms with Gasteiger partial charge in [0.1, 0.15) is 6.04 Å². The molecule has 0 aromatic heterocycles. The quantitative estimate of drug-likeness (QED) is 0.751. The summed E-state index contributed by atoms with van der Waals surface area (Å²) in [5.41, 5.74) is 0. The Morgan fingerprint density at radius 3 is 2.88 bits per heavy atom. The van der Waals surface area contributed by atoms with E-state index >= 15 is 0 Å². The summed E-state index contributed by atoms with van der Waals surface area (Å²) in [4.78, 5) is 35.2. The number of amides is 2. The molecule has 2 N–H and O–H groups in total. The first-order valence-corrected chi connectivity index (χ1v) is 6.48. The van der Waals surface area contributed by atoms with Gasteiger partial charge >= 0.3 is 5.97 Å². The maximum Gasteiger partial charge on any atom is 0.303 e. The normalized spacial score (nSPS) is 28.2. The minimum atomic E-state index is -0.825. The molecule has 2 heterocycles. The van der Waals surface area contributed by atoms with Crippen molar-refractivity contribution >= 4 is 28.9 Å². The Morgan fingerprint density at radius 2 is 2.29 bits per heavy atom. The molecule has 2 aliphatic heterocycles. The van der Waals surface area contributed by atoms with Gasteiger partial charge in [-0.3, -0.25) is 14.4 Å². The molecule has 2 rings (SSSR count). The maximum absolute atomic E-state index is 12.0. The van der Waals surface area contributed by atoms with Gasteiger partial charge in [0.05, 0.1) is 0 Å². The monoisotopic (exact) mass is 258 g/mol. The number of rotatable bonds is 3. The fourth-order valence-corrected chi connectivity index (χ4v) is 2.95. The topological polar surface area (TPSA) is 86.7 Å². The van der Waals surface area contributed by atoms with Crippen molar-refractivity contribution in [3.63, 3.8) is 0 Å². The van der Waals surface area contributed by atoms with E-state index in [1.807, 2.05) is 0 Å².